The number of pyridine rings is 1. The zero-order valence-corrected chi connectivity index (χ0v) is 42.0. The monoisotopic (exact) mass is 1010 g/mol. The summed E-state index contributed by atoms with van der Waals surface area (Å²) < 4.78 is 50.9. The lowest BCUT2D eigenvalue weighted by atomic mass is 9.71. The molecule has 2 amide bonds. The number of ether oxygens (including phenoxy) is 1. The predicted octanol–water partition coefficient (Wildman–Crippen LogP) is 9.80. The third kappa shape index (κ3) is 10.1. The summed E-state index contributed by atoms with van der Waals surface area (Å²) >= 11 is 3.62. The van der Waals surface area contributed by atoms with Crippen molar-refractivity contribution in [2.75, 3.05) is 86.7 Å². The number of piperidine rings is 4. The minimum Gasteiger partial charge on any atom is -0.494 e. The largest absolute Gasteiger partial charge is 0.494 e. The zero-order valence-electron chi connectivity index (χ0n) is 39.6. The molecule has 4 aliphatic rings. The van der Waals surface area contributed by atoms with E-state index in [1.807, 2.05) is 29.2 Å². The maximum atomic E-state index is 15.3. The minimum atomic E-state index is -2.74. The number of carbonyl (C=O) groups excluding carboxylic acids is 2. The lowest BCUT2D eigenvalue weighted by Crippen LogP contribution is -2.48. The maximum absolute atomic E-state index is 15.3. The van der Waals surface area contributed by atoms with Crippen LogP contribution in [0.25, 0.3) is 10.9 Å². The van der Waals surface area contributed by atoms with Crippen molar-refractivity contribution in [1.29, 1.82) is 0 Å². The Balaban J connectivity index is 0.780. The fourth-order valence-corrected chi connectivity index (χ4v) is 12.7. The molecule has 0 radical (unpaired) electrons. The van der Waals surface area contributed by atoms with Crippen molar-refractivity contribution in [2.24, 2.45) is 11.3 Å². The molecular weight excluding hydrogens is 951 g/mol. The van der Waals surface area contributed by atoms with Crippen LogP contribution in [0.15, 0.2) is 59.2 Å². The Bertz CT molecular complexity index is 2760. The number of amides is 2. The van der Waals surface area contributed by atoms with Crippen molar-refractivity contribution in [3.63, 3.8) is 0 Å². The summed E-state index contributed by atoms with van der Waals surface area (Å²) in [6.07, 6.45) is 9.24. The van der Waals surface area contributed by atoms with Crippen molar-refractivity contribution in [3.8, 4) is 5.75 Å². The van der Waals surface area contributed by atoms with E-state index in [9.17, 15) is 14.2 Å². The van der Waals surface area contributed by atoms with Crippen LogP contribution in [0, 0.1) is 29.9 Å². The van der Waals surface area contributed by atoms with E-state index in [1.165, 1.54) is 25.0 Å². The number of aromatic nitrogens is 3. The summed E-state index contributed by atoms with van der Waals surface area (Å²) in [5.41, 5.74) is 6.14. The van der Waals surface area contributed by atoms with Gasteiger partial charge < -0.3 is 34.6 Å². The van der Waals surface area contributed by atoms with Gasteiger partial charge in [0.1, 0.15) is 30.3 Å². The van der Waals surface area contributed by atoms with Gasteiger partial charge in [-0.25, -0.2) is 13.8 Å². The van der Waals surface area contributed by atoms with Crippen molar-refractivity contribution >= 4 is 85.6 Å². The van der Waals surface area contributed by atoms with Crippen LogP contribution < -0.4 is 35.8 Å². The number of benzene rings is 3. The second-order valence-electron chi connectivity index (χ2n) is 19.6. The van der Waals surface area contributed by atoms with Crippen LogP contribution in [-0.2, 0) is 20.6 Å². The third-order valence-corrected chi connectivity index (χ3v) is 16.9. The topological polar surface area (TPSA) is 145 Å². The Morgan fingerprint density at radius 3 is 2.25 bits per heavy atom. The van der Waals surface area contributed by atoms with E-state index in [-0.39, 0.29) is 18.4 Å². The maximum Gasteiger partial charge on any atom is 0.234 e. The summed E-state index contributed by atoms with van der Waals surface area (Å²) in [6, 6.07) is 14.8. The first-order valence-electron chi connectivity index (χ1n) is 23.9. The zero-order chi connectivity index (χ0) is 47.9. The molecule has 1 spiro atoms. The number of nitrogens with one attached hydrogen (secondary N) is 3. The Hall–Kier alpha value is -5.18. The van der Waals surface area contributed by atoms with Crippen LogP contribution >= 0.6 is 23.1 Å². The van der Waals surface area contributed by atoms with Crippen LogP contribution in [0.4, 0.5) is 43.3 Å². The highest BCUT2D eigenvalue weighted by molar-refractivity contribution is 9.10. The number of fused-ring (bicyclic) bond motifs is 1. The van der Waals surface area contributed by atoms with Gasteiger partial charge in [0.25, 0.3) is 0 Å². The molecule has 0 aliphatic carbocycles. The van der Waals surface area contributed by atoms with E-state index in [2.05, 4.69) is 72.6 Å². The molecule has 6 heterocycles. The molecule has 3 aromatic carbocycles. The van der Waals surface area contributed by atoms with E-state index in [1.54, 1.807) is 26.6 Å². The number of halogens is 3. The first-order chi connectivity index (χ1) is 32.6. The molecule has 4 fully saturated rings. The Kier molecular flexibility index (Phi) is 13.8. The van der Waals surface area contributed by atoms with Gasteiger partial charge in [-0.15, -0.1) is 0 Å². The molecule has 0 bridgehead atoms. The first-order valence-corrected chi connectivity index (χ1v) is 27.3. The van der Waals surface area contributed by atoms with E-state index in [4.69, 9.17) is 14.7 Å². The molecule has 68 heavy (non-hydrogen) atoms. The van der Waals surface area contributed by atoms with Crippen LogP contribution in [0.5, 0.6) is 5.75 Å². The Labute approximate surface area is 405 Å². The fourth-order valence-electron chi connectivity index (χ4n) is 10.9. The smallest absolute Gasteiger partial charge is 0.234 e. The highest BCUT2D eigenvalue weighted by Crippen LogP contribution is 2.45. The highest BCUT2D eigenvalue weighted by atomic mass is 79.9. The quantitative estimate of drug-likeness (QED) is 0.0809. The van der Waals surface area contributed by atoms with Crippen molar-refractivity contribution in [3.05, 3.63) is 87.7 Å². The van der Waals surface area contributed by atoms with E-state index < -0.39 is 36.5 Å². The minimum absolute atomic E-state index is 0.0685. The number of hydrogen-bond donors (Lipinski definition) is 3. The predicted molar refractivity (Wildman–Crippen MR) is 270 cm³/mol. The van der Waals surface area contributed by atoms with Crippen LogP contribution in [0.3, 0.4) is 0 Å². The van der Waals surface area contributed by atoms with Gasteiger partial charge >= 0.3 is 0 Å². The Morgan fingerprint density at radius 2 is 1.59 bits per heavy atom. The van der Waals surface area contributed by atoms with Gasteiger partial charge in [0, 0.05) is 84.7 Å². The summed E-state index contributed by atoms with van der Waals surface area (Å²) in [5, 5.41) is 10.6. The first kappa shape index (κ1) is 47.9. The number of anilines is 6. The fraction of sp³-hybridized carbons (Fsp3) is 0.471. The number of rotatable bonds is 12. The average Bonchev–Trinajstić information content (AvgIpc) is 3.31. The highest BCUT2D eigenvalue weighted by Gasteiger charge is 2.39. The molecule has 13 nitrogen and oxygen atoms in total. The standard InChI is InChI=1S/C51H61BrF2N9O4P/c1-6-33-7-8-35-40(56-33)10-11-41(47(35)68(4,5)66)57-48-37(52)29-55-50(60-48)58-42-25-31(2)43(28-44(42)67-3)63-23-17-51(18-24-63)15-21-61(22-16-51)30-32-13-19-62(20-14-32)34-26-38(53)46(39(54)27-34)36-9-12-45(64)59-49(36)65/h7-8,10-11,25-29,32,36H,6,9,12-24,30H2,1-5H3,(H,59,64,65)(H2,55,57,58,60)/t36-/m1/s1. The van der Waals surface area contributed by atoms with Crippen LogP contribution in [0.2, 0.25) is 0 Å². The summed E-state index contributed by atoms with van der Waals surface area (Å²) in [6.45, 7) is 14.4. The Morgan fingerprint density at radius 1 is 0.882 bits per heavy atom. The number of methoxy groups -OCH3 is 1. The second-order valence-corrected chi connectivity index (χ2v) is 23.6. The third-order valence-electron chi connectivity index (χ3n) is 14.8. The van der Waals surface area contributed by atoms with Gasteiger partial charge in [-0.05, 0) is 154 Å². The molecule has 0 unspecified atom stereocenters. The molecule has 2 aromatic heterocycles. The number of carbonyl (C=O) groups is 2. The molecule has 3 N–H and O–H groups in total. The van der Waals surface area contributed by atoms with Crippen molar-refractivity contribution in [2.45, 2.75) is 77.6 Å². The van der Waals surface area contributed by atoms with Gasteiger partial charge in [0.15, 0.2) is 0 Å². The van der Waals surface area contributed by atoms with Crippen molar-refractivity contribution < 1.29 is 27.7 Å². The van der Waals surface area contributed by atoms with Gasteiger partial charge in [-0.1, -0.05) is 13.0 Å². The normalized spacial score (nSPS) is 19.4. The summed E-state index contributed by atoms with van der Waals surface area (Å²) in [5.74, 6) is -1.37. The number of hydrogen-bond acceptors (Lipinski definition) is 12. The van der Waals surface area contributed by atoms with Gasteiger partial charge in [-0.3, -0.25) is 19.9 Å². The molecular formula is C51H61BrF2N9O4P. The molecule has 17 heteroatoms. The lowest BCUT2D eigenvalue weighted by Gasteiger charge is -2.48. The lowest BCUT2D eigenvalue weighted by molar-refractivity contribution is -0.134. The molecule has 4 saturated heterocycles. The van der Waals surface area contributed by atoms with Gasteiger partial charge in [-0.2, -0.15) is 4.98 Å². The molecule has 9 rings (SSSR count). The van der Waals surface area contributed by atoms with Gasteiger partial charge in [0.05, 0.1) is 34.4 Å². The SMILES string of the molecule is CCc1ccc2c(P(C)(C)=O)c(Nc3nc(Nc4cc(C)c(N5CCC6(CCN(CC7CCN(c8cc(F)c([C@H]9CCC(=O)NC9=O)c(F)c8)CC7)CC6)CC5)cc4OC)ncc3Br)ccc2n1. The van der Waals surface area contributed by atoms with Crippen LogP contribution in [-0.4, -0.2) is 97.9 Å². The summed E-state index contributed by atoms with van der Waals surface area (Å²) in [7, 11) is -1.06. The molecule has 5 aromatic rings. The number of likely N-dealkylation sites (tertiary alicyclic amines) is 1. The molecule has 360 valence electrons. The molecule has 0 saturated carbocycles. The van der Waals surface area contributed by atoms with E-state index in [0.717, 1.165) is 117 Å². The van der Waals surface area contributed by atoms with Crippen LogP contribution in [0.1, 0.15) is 81.0 Å². The molecule has 4 aliphatic heterocycles. The van der Waals surface area contributed by atoms with Gasteiger partial charge in [0.2, 0.25) is 17.8 Å². The number of nitrogens with zero attached hydrogens (tertiary/aromatic N) is 6. The summed E-state index contributed by atoms with van der Waals surface area (Å²) in [4.78, 5) is 45.3. The number of aryl methyl sites for hydroxylation is 2. The van der Waals surface area contributed by atoms with E-state index >= 15 is 8.78 Å². The van der Waals surface area contributed by atoms with E-state index in [0.29, 0.717) is 44.7 Å². The second kappa shape index (κ2) is 19.7. The molecule has 1 atom stereocenters. The van der Waals surface area contributed by atoms with Crippen molar-refractivity contribution in [1.82, 2.24) is 25.2 Å². The average molecular weight is 1010 g/mol. The number of imide groups is 1.